The van der Waals surface area contributed by atoms with Crippen LogP contribution in [0.5, 0.6) is 0 Å². The maximum absolute atomic E-state index is 10.7. The molecule has 0 saturated carbocycles. The van der Waals surface area contributed by atoms with Crippen LogP contribution in [0.3, 0.4) is 0 Å². The third kappa shape index (κ3) is 2.59. The van der Waals surface area contributed by atoms with Crippen molar-refractivity contribution >= 4 is 11.8 Å². The molecule has 0 aliphatic heterocycles. The SMILES string of the molecule is Cc1nn(C)c(NCc2ccc(C(=O)O)nc2)c1C#N. The highest BCUT2D eigenvalue weighted by Crippen LogP contribution is 2.18. The predicted molar refractivity (Wildman–Crippen MR) is 71.2 cm³/mol. The number of carboxylic acid groups (broad SMARTS) is 1. The Morgan fingerprint density at radius 1 is 1.55 bits per heavy atom. The largest absolute Gasteiger partial charge is 0.477 e. The highest BCUT2D eigenvalue weighted by atomic mass is 16.4. The Hall–Kier alpha value is -2.88. The van der Waals surface area contributed by atoms with Crippen LogP contribution in [0.1, 0.15) is 27.3 Å². The topological polar surface area (TPSA) is 104 Å². The molecule has 0 aliphatic carbocycles. The molecule has 0 aromatic carbocycles. The van der Waals surface area contributed by atoms with Crippen LogP contribution in [0.15, 0.2) is 18.3 Å². The fourth-order valence-electron chi connectivity index (χ4n) is 1.84. The Balaban J connectivity index is 2.13. The molecule has 0 atom stereocenters. The summed E-state index contributed by atoms with van der Waals surface area (Å²) in [5.41, 5.74) is 1.99. The zero-order valence-corrected chi connectivity index (χ0v) is 11.1. The van der Waals surface area contributed by atoms with Crippen LogP contribution in [0.4, 0.5) is 5.82 Å². The lowest BCUT2D eigenvalue weighted by atomic mass is 10.2. The molecule has 0 fully saturated rings. The molecule has 2 rings (SSSR count). The summed E-state index contributed by atoms with van der Waals surface area (Å²) in [5, 5.41) is 25.1. The monoisotopic (exact) mass is 271 g/mol. The van der Waals surface area contributed by atoms with Crippen molar-refractivity contribution in [3.05, 3.63) is 40.8 Å². The Morgan fingerprint density at radius 2 is 2.30 bits per heavy atom. The first kappa shape index (κ1) is 13.5. The molecule has 2 N–H and O–H groups in total. The molecule has 7 heteroatoms. The second-order valence-electron chi connectivity index (χ2n) is 4.25. The number of nitrogens with one attached hydrogen (secondary N) is 1. The van der Waals surface area contributed by atoms with Crippen molar-refractivity contribution in [2.24, 2.45) is 7.05 Å². The number of rotatable bonds is 4. The number of hydrogen-bond acceptors (Lipinski definition) is 5. The maximum Gasteiger partial charge on any atom is 0.354 e. The van der Waals surface area contributed by atoms with Gasteiger partial charge >= 0.3 is 5.97 Å². The second-order valence-corrected chi connectivity index (χ2v) is 4.25. The minimum Gasteiger partial charge on any atom is -0.477 e. The smallest absolute Gasteiger partial charge is 0.354 e. The van der Waals surface area contributed by atoms with Crippen LogP contribution in [-0.4, -0.2) is 25.8 Å². The van der Waals surface area contributed by atoms with E-state index in [0.717, 1.165) is 5.56 Å². The molecular weight excluding hydrogens is 258 g/mol. The summed E-state index contributed by atoms with van der Waals surface area (Å²) in [5.74, 6) is -0.425. The standard InChI is InChI=1S/C13H13N5O2/c1-8-10(5-14)12(18(2)17-8)16-7-9-3-4-11(13(19)20)15-6-9/h3-4,6,16H,7H2,1-2H3,(H,19,20). The van der Waals surface area contributed by atoms with E-state index in [1.54, 1.807) is 24.7 Å². The first-order chi connectivity index (χ1) is 9.52. The summed E-state index contributed by atoms with van der Waals surface area (Å²) in [6.45, 7) is 2.20. The van der Waals surface area contributed by atoms with E-state index in [0.29, 0.717) is 23.6 Å². The average Bonchev–Trinajstić information content (AvgIpc) is 2.70. The molecule has 0 unspecified atom stereocenters. The Bertz CT molecular complexity index is 682. The Kier molecular flexibility index (Phi) is 3.66. The van der Waals surface area contributed by atoms with Crippen molar-refractivity contribution in [3.63, 3.8) is 0 Å². The second kappa shape index (κ2) is 5.40. The number of aromatic nitrogens is 3. The van der Waals surface area contributed by atoms with Gasteiger partial charge in [0, 0.05) is 19.8 Å². The van der Waals surface area contributed by atoms with Crippen molar-refractivity contribution in [2.75, 3.05) is 5.32 Å². The third-order valence-electron chi connectivity index (χ3n) is 2.84. The van der Waals surface area contributed by atoms with E-state index in [9.17, 15) is 4.79 Å². The molecule has 2 aromatic heterocycles. The van der Waals surface area contributed by atoms with Crippen molar-refractivity contribution in [3.8, 4) is 6.07 Å². The lowest BCUT2D eigenvalue weighted by molar-refractivity contribution is 0.0690. The number of hydrogen-bond donors (Lipinski definition) is 2. The third-order valence-corrected chi connectivity index (χ3v) is 2.84. The number of carbonyl (C=O) groups is 1. The summed E-state index contributed by atoms with van der Waals surface area (Å²) >= 11 is 0. The van der Waals surface area contributed by atoms with Crippen molar-refractivity contribution < 1.29 is 9.90 Å². The molecule has 0 spiro atoms. The lowest BCUT2D eigenvalue weighted by Crippen LogP contribution is -2.07. The number of nitrogens with zero attached hydrogens (tertiary/aromatic N) is 4. The van der Waals surface area contributed by atoms with E-state index in [-0.39, 0.29) is 5.69 Å². The van der Waals surface area contributed by atoms with Gasteiger partial charge in [0.15, 0.2) is 0 Å². The van der Waals surface area contributed by atoms with Gasteiger partial charge in [0.05, 0.1) is 5.69 Å². The highest BCUT2D eigenvalue weighted by Gasteiger charge is 2.12. The van der Waals surface area contributed by atoms with Crippen molar-refractivity contribution in [1.82, 2.24) is 14.8 Å². The molecule has 7 nitrogen and oxygen atoms in total. The van der Waals surface area contributed by atoms with Gasteiger partial charge in [-0.25, -0.2) is 9.78 Å². The molecule has 2 aromatic rings. The van der Waals surface area contributed by atoms with Gasteiger partial charge in [-0.3, -0.25) is 4.68 Å². The zero-order chi connectivity index (χ0) is 14.7. The van der Waals surface area contributed by atoms with Crippen LogP contribution in [-0.2, 0) is 13.6 Å². The molecule has 0 saturated heterocycles. The normalized spacial score (nSPS) is 10.1. The quantitative estimate of drug-likeness (QED) is 0.868. The molecule has 0 bridgehead atoms. The van der Waals surface area contributed by atoms with E-state index in [4.69, 9.17) is 10.4 Å². The summed E-state index contributed by atoms with van der Waals surface area (Å²) in [6.07, 6.45) is 1.49. The van der Waals surface area contributed by atoms with Crippen LogP contribution in [0, 0.1) is 18.3 Å². The minimum absolute atomic E-state index is 0.00263. The first-order valence-electron chi connectivity index (χ1n) is 5.88. The predicted octanol–water partition coefficient (Wildman–Crippen LogP) is 1.31. The van der Waals surface area contributed by atoms with Crippen LogP contribution < -0.4 is 5.32 Å². The molecule has 2 heterocycles. The number of carboxylic acids is 1. The van der Waals surface area contributed by atoms with Crippen molar-refractivity contribution in [1.29, 1.82) is 5.26 Å². The van der Waals surface area contributed by atoms with Gasteiger partial charge in [-0.1, -0.05) is 6.07 Å². The summed E-state index contributed by atoms with van der Waals surface area (Å²) in [6, 6.07) is 5.23. The Morgan fingerprint density at radius 3 is 2.85 bits per heavy atom. The molecular formula is C13H13N5O2. The minimum atomic E-state index is -1.06. The van der Waals surface area contributed by atoms with E-state index >= 15 is 0 Å². The summed E-state index contributed by atoms with van der Waals surface area (Å²) in [7, 11) is 1.75. The van der Waals surface area contributed by atoms with Gasteiger partial charge in [-0.05, 0) is 18.6 Å². The lowest BCUT2D eigenvalue weighted by Gasteiger charge is -2.07. The van der Waals surface area contributed by atoms with Gasteiger partial charge in [0.1, 0.15) is 23.1 Å². The van der Waals surface area contributed by atoms with Crippen LogP contribution in [0.25, 0.3) is 0 Å². The van der Waals surface area contributed by atoms with Gasteiger partial charge in [0.2, 0.25) is 0 Å². The number of nitriles is 1. The van der Waals surface area contributed by atoms with Crippen LogP contribution >= 0.6 is 0 Å². The zero-order valence-electron chi connectivity index (χ0n) is 11.1. The molecule has 102 valence electrons. The van der Waals surface area contributed by atoms with E-state index in [1.165, 1.54) is 12.3 Å². The molecule has 0 amide bonds. The first-order valence-corrected chi connectivity index (χ1v) is 5.88. The van der Waals surface area contributed by atoms with Gasteiger partial charge < -0.3 is 10.4 Å². The molecule has 0 radical (unpaired) electrons. The Labute approximate surface area is 115 Å². The van der Waals surface area contributed by atoms with Crippen LogP contribution in [0.2, 0.25) is 0 Å². The van der Waals surface area contributed by atoms with Gasteiger partial charge in [0.25, 0.3) is 0 Å². The fourth-order valence-corrected chi connectivity index (χ4v) is 1.84. The molecule has 0 aliphatic rings. The van der Waals surface area contributed by atoms with E-state index < -0.39 is 5.97 Å². The van der Waals surface area contributed by atoms with Gasteiger partial charge in [-0.15, -0.1) is 0 Å². The van der Waals surface area contributed by atoms with E-state index in [2.05, 4.69) is 21.5 Å². The number of aryl methyl sites for hydroxylation is 2. The summed E-state index contributed by atoms with van der Waals surface area (Å²) < 4.78 is 1.60. The number of pyridine rings is 1. The summed E-state index contributed by atoms with van der Waals surface area (Å²) in [4.78, 5) is 14.5. The van der Waals surface area contributed by atoms with Crippen molar-refractivity contribution in [2.45, 2.75) is 13.5 Å². The highest BCUT2D eigenvalue weighted by molar-refractivity contribution is 5.85. The molecule has 20 heavy (non-hydrogen) atoms. The van der Waals surface area contributed by atoms with E-state index in [1.807, 2.05) is 0 Å². The number of anilines is 1. The fraction of sp³-hybridized carbons (Fsp3) is 0.231. The average molecular weight is 271 g/mol. The maximum atomic E-state index is 10.7. The number of aromatic carboxylic acids is 1. The van der Waals surface area contributed by atoms with Gasteiger partial charge in [-0.2, -0.15) is 10.4 Å².